The van der Waals surface area contributed by atoms with Crippen LogP contribution in [0.4, 0.5) is 11.9 Å². The number of ether oxygens (including phenoxy) is 1. The third-order valence-corrected chi connectivity index (χ3v) is 3.22. The molecule has 0 saturated heterocycles. The first-order valence-corrected chi connectivity index (χ1v) is 7.54. The van der Waals surface area contributed by atoms with Gasteiger partial charge in [0, 0.05) is 6.04 Å². The zero-order valence-corrected chi connectivity index (χ0v) is 12.5. The Hall–Kier alpha value is -1.28. The highest BCUT2D eigenvalue weighted by molar-refractivity contribution is 7.99. The molecule has 1 aromatic heterocycles. The lowest BCUT2D eigenvalue weighted by Crippen LogP contribution is -2.20. The molecule has 1 unspecified atom stereocenters. The lowest BCUT2D eigenvalue weighted by molar-refractivity contribution is 0.312. The van der Waals surface area contributed by atoms with Gasteiger partial charge in [0.1, 0.15) is 0 Å². The number of nitrogens with zero attached hydrogens (tertiary/aromatic N) is 3. The fourth-order valence-electron chi connectivity index (χ4n) is 1.38. The summed E-state index contributed by atoms with van der Waals surface area (Å²) in [5.74, 6) is 8.32. The second-order valence-corrected chi connectivity index (χ2v) is 5.27. The van der Waals surface area contributed by atoms with Gasteiger partial charge in [0.2, 0.25) is 11.9 Å². The lowest BCUT2D eigenvalue weighted by atomic mass is 10.3. The fourth-order valence-corrected chi connectivity index (χ4v) is 2.19. The van der Waals surface area contributed by atoms with E-state index >= 15 is 0 Å². The van der Waals surface area contributed by atoms with Crippen LogP contribution in [0.3, 0.4) is 0 Å². The Labute approximate surface area is 118 Å². The van der Waals surface area contributed by atoms with Gasteiger partial charge < -0.3 is 10.1 Å². The molecule has 4 N–H and O–H groups in total. The largest absolute Gasteiger partial charge is 0.464 e. The molecule has 0 fully saturated rings. The van der Waals surface area contributed by atoms with Crippen molar-refractivity contribution in [2.75, 3.05) is 28.9 Å². The summed E-state index contributed by atoms with van der Waals surface area (Å²) in [6.07, 6.45) is 1.04. The van der Waals surface area contributed by atoms with Crippen LogP contribution < -0.4 is 21.3 Å². The molecule has 1 heterocycles. The predicted molar refractivity (Wildman–Crippen MR) is 79.5 cm³/mol. The minimum atomic E-state index is 0.267. The summed E-state index contributed by atoms with van der Waals surface area (Å²) in [4.78, 5) is 12.3. The van der Waals surface area contributed by atoms with Gasteiger partial charge in [-0.2, -0.15) is 26.7 Å². The van der Waals surface area contributed by atoms with Crippen LogP contribution >= 0.6 is 11.8 Å². The van der Waals surface area contributed by atoms with E-state index in [1.165, 1.54) is 0 Å². The Morgan fingerprint density at radius 3 is 2.63 bits per heavy atom. The molecular weight excluding hydrogens is 264 g/mol. The van der Waals surface area contributed by atoms with E-state index < -0.39 is 0 Å². The van der Waals surface area contributed by atoms with Gasteiger partial charge in [0.25, 0.3) is 0 Å². The van der Waals surface area contributed by atoms with Crippen LogP contribution in [0.2, 0.25) is 0 Å². The molecule has 0 aliphatic rings. The molecule has 1 rings (SSSR count). The molecule has 0 spiro atoms. The summed E-state index contributed by atoms with van der Waals surface area (Å²) in [6, 6.07) is 0.546. The summed E-state index contributed by atoms with van der Waals surface area (Å²) >= 11 is 1.92. The van der Waals surface area contributed by atoms with Crippen molar-refractivity contribution in [3.05, 3.63) is 0 Å². The highest BCUT2D eigenvalue weighted by atomic mass is 32.2. The average molecular weight is 286 g/mol. The maximum atomic E-state index is 5.32. The summed E-state index contributed by atoms with van der Waals surface area (Å²) in [6.45, 7) is 6.62. The minimum Gasteiger partial charge on any atom is -0.464 e. The Kier molecular flexibility index (Phi) is 7.27. The molecule has 0 aromatic carbocycles. The molecule has 0 saturated carbocycles. The molecule has 0 aliphatic carbocycles. The van der Waals surface area contributed by atoms with Gasteiger partial charge >= 0.3 is 6.01 Å². The smallest absolute Gasteiger partial charge is 0.323 e. The molecule has 1 atom stereocenters. The first kappa shape index (κ1) is 15.8. The van der Waals surface area contributed by atoms with Gasteiger partial charge in [-0.25, -0.2) is 5.84 Å². The van der Waals surface area contributed by atoms with Gasteiger partial charge in [-0.3, -0.25) is 5.43 Å². The number of aromatic nitrogens is 3. The number of anilines is 2. The third kappa shape index (κ3) is 5.93. The van der Waals surface area contributed by atoms with E-state index in [0.29, 0.717) is 12.6 Å². The highest BCUT2D eigenvalue weighted by Gasteiger charge is 2.09. The zero-order valence-electron chi connectivity index (χ0n) is 11.6. The first-order chi connectivity index (χ1) is 9.19. The van der Waals surface area contributed by atoms with Crippen LogP contribution in [0.25, 0.3) is 0 Å². The molecule has 108 valence electrons. The van der Waals surface area contributed by atoms with Crippen LogP contribution in [-0.2, 0) is 0 Å². The third-order valence-electron chi connectivity index (χ3n) is 2.29. The van der Waals surface area contributed by atoms with Crippen LogP contribution in [-0.4, -0.2) is 39.1 Å². The number of thioether (sulfide) groups is 1. The molecule has 7 nitrogen and oxygen atoms in total. The van der Waals surface area contributed by atoms with Crippen molar-refractivity contribution in [1.82, 2.24) is 15.0 Å². The SMILES string of the molecule is CCOc1nc(NN)nc(NC(C)CCSCC)n1. The van der Waals surface area contributed by atoms with Crippen LogP contribution in [0.5, 0.6) is 6.01 Å². The number of nitrogen functional groups attached to an aromatic ring is 1. The number of hydrazine groups is 1. The lowest BCUT2D eigenvalue weighted by Gasteiger charge is -2.14. The van der Waals surface area contributed by atoms with E-state index in [2.05, 4.69) is 39.5 Å². The minimum absolute atomic E-state index is 0.267. The Morgan fingerprint density at radius 1 is 1.26 bits per heavy atom. The van der Waals surface area contributed by atoms with Gasteiger partial charge in [-0.1, -0.05) is 6.92 Å². The van der Waals surface area contributed by atoms with Crippen molar-refractivity contribution >= 4 is 23.7 Å². The Balaban J connectivity index is 2.62. The maximum absolute atomic E-state index is 5.32. The molecule has 0 aliphatic heterocycles. The second kappa shape index (κ2) is 8.76. The van der Waals surface area contributed by atoms with Crippen LogP contribution in [0.15, 0.2) is 0 Å². The van der Waals surface area contributed by atoms with Crippen LogP contribution in [0, 0.1) is 0 Å². The normalized spacial score (nSPS) is 12.0. The van der Waals surface area contributed by atoms with Crippen molar-refractivity contribution in [3.63, 3.8) is 0 Å². The maximum Gasteiger partial charge on any atom is 0.323 e. The van der Waals surface area contributed by atoms with E-state index in [9.17, 15) is 0 Å². The number of hydrogen-bond acceptors (Lipinski definition) is 8. The topological polar surface area (TPSA) is 98.0 Å². The van der Waals surface area contributed by atoms with Gasteiger partial charge in [-0.05, 0) is 31.8 Å². The second-order valence-electron chi connectivity index (χ2n) is 3.87. The number of nitrogens with one attached hydrogen (secondary N) is 2. The zero-order chi connectivity index (χ0) is 14.1. The standard InChI is InChI=1S/C11H22N6OS/c1-4-18-11-15-9(14-10(16-11)17-12)13-8(3)6-7-19-5-2/h8H,4-7,12H2,1-3H3,(H2,13,14,15,16,17). The molecule has 1 aromatic rings. The molecule has 8 heteroatoms. The van der Waals surface area contributed by atoms with E-state index in [-0.39, 0.29) is 18.0 Å². The Bertz CT molecular complexity index is 378. The molecule has 0 radical (unpaired) electrons. The van der Waals surface area contributed by atoms with E-state index in [4.69, 9.17) is 10.6 Å². The first-order valence-electron chi connectivity index (χ1n) is 6.39. The summed E-state index contributed by atoms with van der Waals surface area (Å²) in [7, 11) is 0. The van der Waals surface area contributed by atoms with E-state index in [1.54, 1.807) is 0 Å². The summed E-state index contributed by atoms with van der Waals surface area (Å²) in [5.41, 5.74) is 2.41. The van der Waals surface area contributed by atoms with E-state index in [1.807, 2.05) is 18.7 Å². The molecule has 0 bridgehead atoms. The van der Waals surface area contributed by atoms with Crippen molar-refractivity contribution < 1.29 is 4.74 Å². The van der Waals surface area contributed by atoms with Crippen molar-refractivity contribution in [2.45, 2.75) is 33.2 Å². The van der Waals surface area contributed by atoms with Gasteiger partial charge in [0.15, 0.2) is 0 Å². The summed E-state index contributed by atoms with van der Waals surface area (Å²) < 4.78 is 5.27. The predicted octanol–water partition coefficient (Wildman–Crippen LogP) is 1.50. The average Bonchev–Trinajstić information content (AvgIpc) is 2.39. The number of rotatable bonds is 9. The van der Waals surface area contributed by atoms with Crippen molar-refractivity contribution in [2.24, 2.45) is 5.84 Å². The summed E-state index contributed by atoms with van der Waals surface area (Å²) in [5, 5.41) is 3.22. The van der Waals surface area contributed by atoms with Crippen LogP contribution in [0.1, 0.15) is 27.2 Å². The number of hydrogen-bond donors (Lipinski definition) is 3. The highest BCUT2D eigenvalue weighted by Crippen LogP contribution is 2.13. The van der Waals surface area contributed by atoms with Crippen molar-refractivity contribution in [3.8, 4) is 6.01 Å². The quantitative estimate of drug-likeness (QED) is 0.357. The number of nitrogens with two attached hydrogens (primary N) is 1. The molecule has 0 amide bonds. The van der Waals surface area contributed by atoms with E-state index in [0.717, 1.165) is 17.9 Å². The fraction of sp³-hybridized carbons (Fsp3) is 0.727. The van der Waals surface area contributed by atoms with Gasteiger partial charge in [0.05, 0.1) is 6.61 Å². The van der Waals surface area contributed by atoms with Gasteiger partial charge in [-0.15, -0.1) is 0 Å². The Morgan fingerprint density at radius 2 is 2.00 bits per heavy atom. The van der Waals surface area contributed by atoms with Crippen molar-refractivity contribution in [1.29, 1.82) is 0 Å². The monoisotopic (exact) mass is 286 g/mol. The molecular formula is C11H22N6OS. The molecule has 19 heavy (non-hydrogen) atoms.